The SMILES string of the molecule is O=C(COc1ccc(-c2ccccc2)cc1)NN=Cc1ccc(OC(=O)c2sc3ccccc3c2Cl)cc1. The van der Waals surface area contributed by atoms with Crippen LogP contribution in [0.3, 0.4) is 0 Å². The fourth-order valence-electron chi connectivity index (χ4n) is 3.65. The minimum atomic E-state index is -0.514. The van der Waals surface area contributed by atoms with Crippen LogP contribution in [0.25, 0.3) is 21.2 Å². The third-order valence-corrected chi connectivity index (χ3v) is 7.20. The van der Waals surface area contributed by atoms with Gasteiger partial charge < -0.3 is 9.47 Å². The van der Waals surface area contributed by atoms with E-state index in [0.717, 1.165) is 21.2 Å². The van der Waals surface area contributed by atoms with E-state index in [1.807, 2.05) is 78.9 Å². The van der Waals surface area contributed by atoms with Gasteiger partial charge in [0.2, 0.25) is 0 Å². The quantitative estimate of drug-likeness (QED) is 0.0997. The molecule has 6 nitrogen and oxygen atoms in total. The molecule has 1 heterocycles. The van der Waals surface area contributed by atoms with E-state index in [1.54, 1.807) is 24.3 Å². The Morgan fingerprint density at radius 2 is 1.47 bits per heavy atom. The van der Waals surface area contributed by atoms with Crippen molar-refractivity contribution in [3.05, 3.63) is 119 Å². The monoisotopic (exact) mass is 540 g/mol. The summed E-state index contributed by atoms with van der Waals surface area (Å²) in [7, 11) is 0. The summed E-state index contributed by atoms with van der Waals surface area (Å²) in [5, 5.41) is 5.17. The van der Waals surface area contributed by atoms with Crippen molar-refractivity contribution in [1.29, 1.82) is 0 Å². The fourth-order valence-corrected chi connectivity index (χ4v) is 5.04. The zero-order valence-electron chi connectivity index (χ0n) is 20.0. The van der Waals surface area contributed by atoms with Gasteiger partial charge in [0, 0.05) is 10.1 Å². The Hall–Kier alpha value is -4.46. The molecule has 0 saturated heterocycles. The molecule has 0 aliphatic carbocycles. The molecule has 38 heavy (non-hydrogen) atoms. The van der Waals surface area contributed by atoms with Crippen molar-refractivity contribution in [3.63, 3.8) is 0 Å². The number of carbonyl (C=O) groups is 2. The van der Waals surface area contributed by atoms with Gasteiger partial charge in [-0.3, -0.25) is 4.79 Å². The molecule has 8 heteroatoms. The molecule has 0 bridgehead atoms. The third-order valence-electron chi connectivity index (χ3n) is 5.55. The van der Waals surface area contributed by atoms with Gasteiger partial charge in [-0.1, -0.05) is 72.3 Å². The number of ether oxygens (including phenoxy) is 2. The second-order valence-corrected chi connectivity index (χ2v) is 9.60. The van der Waals surface area contributed by atoms with Crippen molar-refractivity contribution in [2.75, 3.05) is 6.61 Å². The number of hydrogen-bond acceptors (Lipinski definition) is 6. The maximum Gasteiger partial charge on any atom is 0.355 e. The number of fused-ring (bicyclic) bond motifs is 1. The van der Waals surface area contributed by atoms with Gasteiger partial charge in [-0.2, -0.15) is 5.10 Å². The minimum absolute atomic E-state index is 0.169. The van der Waals surface area contributed by atoms with Crippen LogP contribution in [0.2, 0.25) is 5.02 Å². The molecule has 4 aromatic carbocycles. The lowest BCUT2D eigenvalue weighted by Crippen LogP contribution is -2.24. The molecule has 1 amide bonds. The molecule has 0 fully saturated rings. The first-order valence-corrected chi connectivity index (χ1v) is 12.9. The highest BCUT2D eigenvalue weighted by Crippen LogP contribution is 2.35. The number of rotatable bonds is 8. The Morgan fingerprint density at radius 3 is 2.21 bits per heavy atom. The van der Waals surface area contributed by atoms with Crippen LogP contribution in [-0.2, 0) is 4.79 Å². The number of hydrazone groups is 1. The molecule has 0 saturated carbocycles. The van der Waals surface area contributed by atoms with E-state index < -0.39 is 5.97 Å². The average Bonchev–Trinajstić information content (AvgIpc) is 3.30. The molecule has 1 aromatic heterocycles. The lowest BCUT2D eigenvalue weighted by Gasteiger charge is -2.07. The standard InChI is InChI=1S/C30H21ClN2O4S/c31-28-25-8-4-5-9-26(25)38-29(28)30(35)37-24-14-10-20(11-15-24)18-32-33-27(34)19-36-23-16-12-22(13-17-23)21-6-2-1-3-7-21/h1-18H,19H2,(H,33,34). The van der Waals surface area contributed by atoms with E-state index in [4.69, 9.17) is 21.1 Å². The maximum absolute atomic E-state index is 12.6. The van der Waals surface area contributed by atoms with Gasteiger partial charge in [0.05, 0.1) is 11.2 Å². The molecule has 0 aliphatic rings. The van der Waals surface area contributed by atoms with Crippen molar-refractivity contribution in [2.45, 2.75) is 0 Å². The topological polar surface area (TPSA) is 77.0 Å². The Balaban J connectivity index is 1.09. The highest BCUT2D eigenvalue weighted by Gasteiger charge is 2.18. The van der Waals surface area contributed by atoms with E-state index in [0.29, 0.717) is 27.0 Å². The molecule has 0 radical (unpaired) electrons. The van der Waals surface area contributed by atoms with Crippen LogP contribution >= 0.6 is 22.9 Å². The fraction of sp³-hybridized carbons (Fsp3) is 0.0333. The summed E-state index contributed by atoms with van der Waals surface area (Å²) in [6.07, 6.45) is 1.49. The summed E-state index contributed by atoms with van der Waals surface area (Å²) >= 11 is 7.65. The number of esters is 1. The van der Waals surface area contributed by atoms with E-state index in [2.05, 4.69) is 10.5 Å². The lowest BCUT2D eigenvalue weighted by molar-refractivity contribution is -0.123. The van der Waals surface area contributed by atoms with Gasteiger partial charge >= 0.3 is 5.97 Å². The van der Waals surface area contributed by atoms with Crippen molar-refractivity contribution >= 4 is 51.1 Å². The Morgan fingerprint density at radius 1 is 0.816 bits per heavy atom. The van der Waals surface area contributed by atoms with Crippen molar-refractivity contribution in [3.8, 4) is 22.6 Å². The first kappa shape index (κ1) is 25.2. The predicted molar refractivity (Wildman–Crippen MR) is 151 cm³/mol. The first-order chi connectivity index (χ1) is 18.6. The Kier molecular flexibility index (Phi) is 7.78. The Labute approximate surface area is 228 Å². The zero-order valence-corrected chi connectivity index (χ0v) is 21.5. The number of amides is 1. The van der Waals surface area contributed by atoms with Crippen LogP contribution in [0, 0.1) is 0 Å². The number of thiophene rings is 1. The second kappa shape index (κ2) is 11.7. The number of halogens is 1. The van der Waals surface area contributed by atoms with Crippen molar-refractivity contribution in [2.24, 2.45) is 5.10 Å². The number of nitrogens with zero attached hydrogens (tertiary/aromatic N) is 1. The summed E-state index contributed by atoms with van der Waals surface area (Å²) in [6.45, 7) is -0.169. The van der Waals surface area contributed by atoms with Gasteiger partial charge in [-0.05, 0) is 59.2 Å². The van der Waals surface area contributed by atoms with Crippen LogP contribution in [0.4, 0.5) is 0 Å². The molecule has 5 aromatic rings. The zero-order chi connectivity index (χ0) is 26.3. The van der Waals surface area contributed by atoms with E-state index in [9.17, 15) is 9.59 Å². The first-order valence-electron chi connectivity index (χ1n) is 11.7. The summed E-state index contributed by atoms with van der Waals surface area (Å²) in [5.74, 6) is 0.0565. The number of hydrogen-bond donors (Lipinski definition) is 1. The molecule has 5 rings (SSSR count). The van der Waals surface area contributed by atoms with E-state index in [1.165, 1.54) is 17.6 Å². The Bertz CT molecular complexity index is 1600. The molecule has 0 spiro atoms. The molecular formula is C30H21ClN2O4S. The summed E-state index contributed by atoms with van der Waals surface area (Å²) in [5.41, 5.74) is 5.32. The summed E-state index contributed by atoms with van der Waals surface area (Å²) in [4.78, 5) is 25.0. The van der Waals surface area contributed by atoms with Gasteiger partial charge in [0.25, 0.3) is 5.91 Å². The number of carbonyl (C=O) groups excluding carboxylic acids is 2. The van der Waals surface area contributed by atoms with Crippen molar-refractivity contribution < 1.29 is 19.1 Å². The highest BCUT2D eigenvalue weighted by atomic mass is 35.5. The summed E-state index contributed by atoms with van der Waals surface area (Å²) < 4.78 is 11.9. The largest absolute Gasteiger partial charge is 0.484 e. The normalized spacial score (nSPS) is 11.0. The van der Waals surface area contributed by atoms with Crippen LogP contribution < -0.4 is 14.9 Å². The predicted octanol–water partition coefficient (Wildman–Crippen LogP) is 6.97. The van der Waals surface area contributed by atoms with E-state index >= 15 is 0 Å². The summed E-state index contributed by atoms with van der Waals surface area (Å²) in [6, 6.07) is 31.8. The van der Waals surface area contributed by atoms with Gasteiger partial charge in [-0.25, -0.2) is 10.2 Å². The van der Waals surface area contributed by atoms with Gasteiger partial charge in [0.15, 0.2) is 6.61 Å². The molecule has 0 unspecified atom stereocenters. The van der Waals surface area contributed by atoms with Crippen molar-refractivity contribution in [1.82, 2.24) is 5.43 Å². The van der Waals surface area contributed by atoms with Crippen LogP contribution in [0.5, 0.6) is 11.5 Å². The smallest absolute Gasteiger partial charge is 0.355 e. The van der Waals surface area contributed by atoms with Crippen LogP contribution in [0.15, 0.2) is 108 Å². The van der Waals surface area contributed by atoms with Gasteiger partial charge in [-0.15, -0.1) is 11.3 Å². The van der Waals surface area contributed by atoms with E-state index in [-0.39, 0.29) is 12.5 Å². The molecule has 188 valence electrons. The van der Waals surface area contributed by atoms with Gasteiger partial charge in [0.1, 0.15) is 16.4 Å². The lowest BCUT2D eigenvalue weighted by atomic mass is 10.1. The molecular weight excluding hydrogens is 520 g/mol. The minimum Gasteiger partial charge on any atom is -0.484 e. The third kappa shape index (κ3) is 6.08. The molecule has 0 aliphatic heterocycles. The number of benzene rings is 4. The van der Waals surface area contributed by atoms with Crippen LogP contribution in [0.1, 0.15) is 15.2 Å². The molecule has 1 N–H and O–H groups in total. The maximum atomic E-state index is 12.6. The second-order valence-electron chi connectivity index (χ2n) is 8.17. The van der Waals surface area contributed by atoms with Crippen LogP contribution in [-0.4, -0.2) is 24.7 Å². The average molecular weight is 541 g/mol. The number of nitrogens with one attached hydrogen (secondary N) is 1. The highest BCUT2D eigenvalue weighted by molar-refractivity contribution is 7.21. The molecule has 0 atom stereocenters.